The topological polar surface area (TPSA) is 90.7 Å². The van der Waals surface area contributed by atoms with E-state index < -0.39 is 30.4 Å². The number of aryl methyl sites for hydroxylation is 1. The molecule has 0 saturated carbocycles. The minimum Gasteiger partial charge on any atom is -0.463 e. The van der Waals surface area contributed by atoms with Crippen molar-refractivity contribution in [2.45, 2.75) is 20.0 Å². The van der Waals surface area contributed by atoms with Crippen molar-refractivity contribution in [2.75, 3.05) is 11.9 Å². The normalized spacial score (nSPS) is 11.6. The average Bonchev–Trinajstić information content (AvgIpc) is 2.93. The van der Waals surface area contributed by atoms with Gasteiger partial charge in [-0.3, -0.25) is 4.79 Å². The first-order valence-corrected chi connectivity index (χ1v) is 6.76. The Morgan fingerprint density at radius 2 is 2.04 bits per heavy atom. The fraction of sp³-hybridized carbons (Fsp3) is 0.267. The fourth-order valence-corrected chi connectivity index (χ4v) is 1.61. The molecule has 1 aromatic heterocycles. The molecule has 0 bridgehead atoms. The van der Waals surface area contributed by atoms with Gasteiger partial charge in [0.05, 0.1) is 0 Å². The quantitative estimate of drug-likeness (QED) is 0.819. The number of nitrogens with zero attached hydrogens (tertiary/aromatic N) is 1. The SMILES string of the molecule is Cc1cc(OCC(=O)O[C@@H](C)C(=O)Nc2ccc(F)cc2)no1. The Balaban J connectivity index is 1.78. The maximum atomic E-state index is 12.8. The molecule has 1 heterocycles. The van der Waals surface area contributed by atoms with E-state index in [9.17, 15) is 14.0 Å². The molecule has 0 spiro atoms. The van der Waals surface area contributed by atoms with E-state index in [0.717, 1.165) is 0 Å². The van der Waals surface area contributed by atoms with Gasteiger partial charge in [0.25, 0.3) is 11.8 Å². The van der Waals surface area contributed by atoms with Crippen molar-refractivity contribution in [3.63, 3.8) is 0 Å². The lowest BCUT2D eigenvalue weighted by atomic mass is 10.3. The molecule has 1 atom stereocenters. The third-order valence-electron chi connectivity index (χ3n) is 2.73. The van der Waals surface area contributed by atoms with Crippen molar-refractivity contribution < 1.29 is 28.0 Å². The van der Waals surface area contributed by atoms with E-state index in [1.165, 1.54) is 37.3 Å². The Morgan fingerprint density at radius 1 is 1.35 bits per heavy atom. The van der Waals surface area contributed by atoms with Gasteiger partial charge in [-0.25, -0.2) is 9.18 Å². The summed E-state index contributed by atoms with van der Waals surface area (Å²) in [7, 11) is 0. The van der Waals surface area contributed by atoms with Gasteiger partial charge < -0.3 is 19.3 Å². The number of ether oxygens (including phenoxy) is 2. The number of amides is 1. The third kappa shape index (κ3) is 5.10. The van der Waals surface area contributed by atoms with Crippen molar-refractivity contribution in [1.29, 1.82) is 0 Å². The molecule has 0 unspecified atom stereocenters. The zero-order valence-corrected chi connectivity index (χ0v) is 12.5. The highest BCUT2D eigenvalue weighted by atomic mass is 19.1. The van der Waals surface area contributed by atoms with Crippen LogP contribution in [0.5, 0.6) is 5.88 Å². The molecule has 0 radical (unpaired) electrons. The Hall–Kier alpha value is -2.90. The standard InChI is InChI=1S/C15H15FN2O5/c1-9-7-13(18-23-9)21-8-14(19)22-10(2)15(20)17-12-5-3-11(16)4-6-12/h3-7,10H,8H2,1-2H3,(H,17,20)/t10-/m0/s1. The van der Waals surface area contributed by atoms with Crippen LogP contribution in [0.25, 0.3) is 0 Å². The maximum absolute atomic E-state index is 12.8. The van der Waals surface area contributed by atoms with E-state index in [4.69, 9.17) is 14.0 Å². The molecule has 8 heteroatoms. The second-order valence-electron chi connectivity index (χ2n) is 4.69. The van der Waals surface area contributed by atoms with E-state index in [-0.39, 0.29) is 5.88 Å². The average molecular weight is 322 g/mol. The molecule has 1 amide bonds. The molecule has 0 aliphatic carbocycles. The monoisotopic (exact) mass is 322 g/mol. The number of carbonyl (C=O) groups excluding carboxylic acids is 2. The van der Waals surface area contributed by atoms with Gasteiger partial charge in [0, 0.05) is 11.8 Å². The Bertz CT molecular complexity index is 683. The van der Waals surface area contributed by atoms with E-state index in [1.807, 2.05) is 0 Å². The van der Waals surface area contributed by atoms with Crippen LogP contribution in [0.4, 0.5) is 10.1 Å². The van der Waals surface area contributed by atoms with Gasteiger partial charge in [0.1, 0.15) is 11.6 Å². The molecular formula is C15H15FN2O5. The predicted molar refractivity (Wildman–Crippen MR) is 77.3 cm³/mol. The molecular weight excluding hydrogens is 307 g/mol. The number of nitrogens with one attached hydrogen (secondary N) is 1. The van der Waals surface area contributed by atoms with Crippen LogP contribution in [0, 0.1) is 12.7 Å². The van der Waals surface area contributed by atoms with Crippen LogP contribution in [0.1, 0.15) is 12.7 Å². The summed E-state index contributed by atoms with van der Waals surface area (Å²) in [6.07, 6.45) is -1.03. The van der Waals surface area contributed by atoms with Crippen LogP contribution < -0.4 is 10.1 Å². The molecule has 0 saturated heterocycles. The van der Waals surface area contributed by atoms with Gasteiger partial charge in [-0.1, -0.05) is 0 Å². The van der Waals surface area contributed by atoms with Gasteiger partial charge >= 0.3 is 5.97 Å². The van der Waals surface area contributed by atoms with Crippen molar-refractivity contribution in [3.8, 4) is 5.88 Å². The number of aromatic nitrogens is 1. The van der Waals surface area contributed by atoms with Gasteiger partial charge in [0.15, 0.2) is 12.7 Å². The summed E-state index contributed by atoms with van der Waals surface area (Å²) in [4.78, 5) is 23.5. The number of rotatable bonds is 6. The van der Waals surface area contributed by atoms with Crippen molar-refractivity contribution in [2.24, 2.45) is 0 Å². The zero-order valence-electron chi connectivity index (χ0n) is 12.5. The first kappa shape index (κ1) is 16.5. The summed E-state index contributed by atoms with van der Waals surface area (Å²) in [5.41, 5.74) is 0.397. The number of carbonyl (C=O) groups is 2. The highest BCUT2D eigenvalue weighted by Crippen LogP contribution is 2.11. The Kier molecular flexibility index (Phi) is 5.29. The number of hydrogen-bond acceptors (Lipinski definition) is 6. The number of benzene rings is 1. The van der Waals surface area contributed by atoms with Crippen LogP contribution in [-0.2, 0) is 14.3 Å². The van der Waals surface area contributed by atoms with Crippen LogP contribution in [0.2, 0.25) is 0 Å². The lowest BCUT2D eigenvalue weighted by molar-refractivity contribution is -0.155. The van der Waals surface area contributed by atoms with Crippen molar-refractivity contribution in [3.05, 3.63) is 41.9 Å². The molecule has 1 N–H and O–H groups in total. The highest BCUT2D eigenvalue weighted by Gasteiger charge is 2.18. The van der Waals surface area contributed by atoms with E-state index >= 15 is 0 Å². The Morgan fingerprint density at radius 3 is 2.65 bits per heavy atom. The lowest BCUT2D eigenvalue weighted by Gasteiger charge is -2.13. The van der Waals surface area contributed by atoms with Crippen molar-refractivity contribution >= 4 is 17.6 Å². The number of halogens is 1. The zero-order chi connectivity index (χ0) is 16.8. The minimum atomic E-state index is -1.03. The number of esters is 1. The molecule has 2 rings (SSSR count). The molecule has 2 aromatic rings. The fourth-order valence-electron chi connectivity index (χ4n) is 1.61. The van der Waals surface area contributed by atoms with Crippen molar-refractivity contribution in [1.82, 2.24) is 5.16 Å². The second-order valence-corrected chi connectivity index (χ2v) is 4.69. The summed E-state index contributed by atoms with van der Waals surface area (Å²) in [6.45, 7) is 2.69. The smallest absolute Gasteiger partial charge is 0.345 e. The minimum absolute atomic E-state index is 0.155. The van der Waals surface area contributed by atoms with Crippen LogP contribution in [0.3, 0.4) is 0 Å². The van der Waals surface area contributed by atoms with Gasteiger partial charge in [-0.05, 0) is 43.3 Å². The summed E-state index contributed by atoms with van der Waals surface area (Å²) in [5.74, 6) is -0.986. The lowest BCUT2D eigenvalue weighted by Crippen LogP contribution is -2.31. The molecule has 0 aliphatic heterocycles. The second kappa shape index (κ2) is 7.39. The molecule has 23 heavy (non-hydrogen) atoms. The summed E-state index contributed by atoms with van der Waals surface area (Å²) in [5, 5.41) is 6.05. The van der Waals surface area contributed by atoms with Gasteiger partial charge in [-0.15, -0.1) is 0 Å². The predicted octanol–water partition coefficient (Wildman–Crippen LogP) is 2.07. The van der Waals surface area contributed by atoms with E-state index in [1.54, 1.807) is 6.92 Å². The van der Waals surface area contributed by atoms with Gasteiger partial charge in [0.2, 0.25) is 0 Å². The van der Waals surface area contributed by atoms with Crippen LogP contribution >= 0.6 is 0 Å². The first-order chi connectivity index (χ1) is 10.9. The molecule has 1 aromatic carbocycles. The molecule has 0 fully saturated rings. The van der Waals surface area contributed by atoms with E-state index in [2.05, 4.69) is 10.5 Å². The molecule has 0 aliphatic rings. The number of hydrogen-bond donors (Lipinski definition) is 1. The largest absolute Gasteiger partial charge is 0.463 e. The number of anilines is 1. The van der Waals surface area contributed by atoms with E-state index in [0.29, 0.717) is 11.4 Å². The molecule has 7 nitrogen and oxygen atoms in total. The first-order valence-electron chi connectivity index (χ1n) is 6.76. The van der Waals surface area contributed by atoms with Crippen LogP contribution in [0.15, 0.2) is 34.9 Å². The highest BCUT2D eigenvalue weighted by molar-refractivity contribution is 5.95. The summed E-state index contributed by atoms with van der Waals surface area (Å²) >= 11 is 0. The molecule has 122 valence electrons. The third-order valence-corrected chi connectivity index (χ3v) is 2.73. The summed E-state index contributed by atoms with van der Waals surface area (Å²) < 4.78 is 27.5. The maximum Gasteiger partial charge on any atom is 0.345 e. The van der Waals surface area contributed by atoms with Crippen LogP contribution in [-0.4, -0.2) is 29.7 Å². The Labute approximate surface area is 131 Å². The summed E-state index contributed by atoms with van der Waals surface area (Å²) in [6, 6.07) is 6.73. The van der Waals surface area contributed by atoms with Gasteiger partial charge in [-0.2, -0.15) is 0 Å².